The first-order valence-electron chi connectivity index (χ1n) is 16.9. The minimum atomic E-state index is -4.45. The second-order valence-electron chi connectivity index (χ2n) is 12.6. The summed E-state index contributed by atoms with van der Waals surface area (Å²) in [5.74, 6) is -2.97. The van der Waals surface area contributed by atoms with Gasteiger partial charge in [-0.2, -0.15) is 4.72 Å². The molecule has 3 amide bonds. The molecular formula is C34H42N8O12S2. The lowest BCUT2D eigenvalue weighted by Crippen LogP contribution is -2.49. The summed E-state index contributed by atoms with van der Waals surface area (Å²) < 4.78 is 40.6. The van der Waals surface area contributed by atoms with Gasteiger partial charge in [0.15, 0.2) is 5.95 Å². The van der Waals surface area contributed by atoms with Gasteiger partial charge in [-0.15, -0.1) is 4.33 Å². The Bertz CT molecular complexity index is 2190. The van der Waals surface area contributed by atoms with Crippen molar-refractivity contribution in [2.75, 3.05) is 24.2 Å². The highest BCUT2D eigenvalue weighted by atomic mass is 32.2. The average molecular weight is 819 g/mol. The molecule has 0 saturated carbocycles. The second-order valence-corrected chi connectivity index (χ2v) is 14.9. The molecule has 0 aliphatic carbocycles. The number of nitrogens with one attached hydrogen (secondary N) is 6. The number of aromatic amines is 1. The van der Waals surface area contributed by atoms with E-state index in [1.54, 1.807) is 49.1 Å². The number of rotatable bonds is 20. The Morgan fingerprint density at radius 1 is 1.09 bits per heavy atom. The molecule has 0 spiro atoms. The number of hydrogen-bond acceptors (Lipinski definition) is 14. The zero-order valence-corrected chi connectivity index (χ0v) is 32.3. The van der Waals surface area contributed by atoms with Crippen molar-refractivity contribution >= 4 is 62.6 Å². The van der Waals surface area contributed by atoms with Gasteiger partial charge in [0, 0.05) is 74.2 Å². The van der Waals surface area contributed by atoms with E-state index in [2.05, 4.69) is 45.5 Å². The van der Waals surface area contributed by atoms with E-state index >= 15 is 0 Å². The van der Waals surface area contributed by atoms with Crippen LogP contribution in [0.5, 0.6) is 5.75 Å². The quantitative estimate of drug-likeness (QED) is 0.0273. The summed E-state index contributed by atoms with van der Waals surface area (Å²) in [6.45, 7) is 4.38. The number of nitrogens with zero attached hydrogens (tertiary/aromatic N) is 2. The molecule has 0 radical (unpaired) electrons. The molecule has 2 aromatic carbocycles. The number of benzene rings is 2. The number of ether oxygens (including phenoxy) is 1. The van der Waals surface area contributed by atoms with Gasteiger partial charge < -0.3 is 30.0 Å². The Morgan fingerprint density at radius 3 is 2.48 bits per heavy atom. The van der Waals surface area contributed by atoms with Crippen molar-refractivity contribution in [3.8, 4) is 5.75 Å². The molecule has 2 heterocycles. The molecule has 56 heavy (non-hydrogen) atoms. The van der Waals surface area contributed by atoms with Gasteiger partial charge in [-0.25, -0.2) is 18.7 Å². The van der Waals surface area contributed by atoms with Crippen LogP contribution in [0.2, 0.25) is 0 Å². The fraction of sp³-hybridized carbons (Fsp3) is 0.353. The number of H-pyrrole nitrogens is 1. The highest BCUT2D eigenvalue weighted by Gasteiger charge is 2.29. The molecule has 2 atom stereocenters. The molecule has 8 N–H and O–H groups in total. The number of carboxylic acids is 1. The van der Waals surface area contributed by atoms with Crippen molar-refractivity contribution in [2.45, 2.75) is 51.1 Å². The highest BCUT2D eigenvalue weighted by Crippen LogP contribution is 2.26. The molecule has 4 rings (SSSR count). The SMILES string of the molecule is Cc1cc(OCCCC(=O)NNC(=O)[C@@H](C)CSOOO)cc(C)c1S(=O)(=O)N[C@@H](CNC(=O)c1cn(C)c2cc(CNc3ncc[nH]3)ccc2c1=O)C(=O)O. The van der Waals surface area contributed by atoms with Crippen molar-refractivity contribution < 1.29 is 52.1 Å². The zero-order chi connectivity index (χ0) is 41.0. The normalized spacial score (nSPS) is 12.4. The molecule has 0 aliphatic heterocycles. The van der Waals surface area contributed by atoms with Gasteiger partial charge in [0.05, 0.1) is 17.0 Å². The van der Waals surface area contributed by atoms with E-state index in [9.17, 15) is 37.5 Å². The second kappa shape index (κ2) is 19.9. The number of pyridine rings is 1. The van der Waals surface area contributed by atoms with Crippen LogP contribution in [-0.2, 0) is 47.4 Å². The van der Waals surface area contributed by atoms with Crippen LogP contribution >= 0.6 is 12.0 Å². The summed E-state index contributed by atoms with van der Waals surface area (Å²) in [4.78, 5) is 69.6. The van der Waals surface area contributed by atoms with Crippen molar-refractivity contribution in [2.24, 2.45) is 13.0 Å². The third kappa shape index (κ3) is 11.7. The number of fused-ring (bicyclic) bond motifs is 1. The number of imidazole rings is 1. The van der Waals surface area contributed by atoms with E-state index in [1.807, 2.05) is 0 Å². The fourth-order valence-electron chi connectivity index (χ4n) is 5.45. The van der Waals surface area contributed by atoms with Crippen molar-refractivity contribution in [1.29, 1.82) is 0 Å². The molecule has 22 heteroatoms. The standard InChI is InChI=1S/C34H42N8O12S2/c1-19-12-23(52-11-5-6-28(43)39-40-31(45)21(3)18-55-54-53-49)13-20(2)30(19)56(50,51)41-26(33(47)48)16-37-32(46)25-17-42(4)27-14-22(7-8-24(27)29(25)44)15-38-34-35-9-10-36-34/h7-10,12-14,17,21,26,41,49H,5-6,11,15-16,18H2,1-4H3,(H,37,46)(H,39,43)(H,40,45)(H,47,48)(H2,35,36,38)/t21-,26-/m0/s1. The summed E-state index contributed by atoms with van der Waals surface area (Å²) in [6, 6.07) is 6.20. The van der Waals surface area contributed by atoms with Crippen molar-refractivity contribution in [3.05, 3.63) is 81.4 Å². The van der Waals surface area contributed by atoms with E-state index in [4.69, 9.17) is 9.99 Å². The molecule has 0 unspecified atom stereocenters. The number of hydrazine groups is 1. The number of aliphatic carboxylic acids is 1. The first-order chi connectivity index (χ1) is 26.6. The Balaban J connectivity index is 1.32. The van der Waals surface area contributed by atoms with Crippen LogP contribution in [0, 0.1) is 19.8 Å². The summed E-state index contributed by atoms with van der Waals surface area (Å²) in [5.41, 5.74) is 5.59. The predicted molar refractivity (Wildman–Crippen MR) is 203 cm³/mol. The molecule has 302 valence electrons. The summed E-state index contributed by atoms with van der Waals surface area (Å²) in [5, 5.41) is 27.2. The van der Waals surface area contributed by atoms with Gasteiger partial charge in [0.2, 0.25) is 27.3 Å². The number of aromatic nitrogens is 3. The number of carbonyl (C=O) groups excluding carboxylic acids is 3. The Kier molecular flexibility index (Phi) is 15.3. The van der Waals surface area contributed by atoms with Gasteiger partial charge in [0.25, 0.3) is 5.91 Å². The molecular weight excluding hydrogens is 777 g/mol. The van der Waals surface area contributed by atoms with Crippen LogP contribution in [0.15, 0.2) is 58.6 Å². The molecule has 2 aromatic heterocycles. The van der Waals surface area contributed by atoms with Crippen LogP contribution in [0.25, 0.3) is 10.9 Å². The monoisotopic (exact) mass is 818 g/mol. The molecule has 4 aromatic rings. The van der Waals surface area contributed by atoms with E-state index in [1.165, 1.54) is 32.2 Å². The number of aryl methyl sites for hydroxylation is 3. The number of hydrogen-bond donors (Lipinski definition) is 8. The topological polar surface area (TPSA) is 281 Å². The van der Waals surface area contributed by atoms with E-state index < -0.39 is 57.6 Å². The zero-order valence-electron chi connectivity index (χ0n) is 30.7. The molecule has 0 saturated heterocycles. The van der Waals surface area contributed by atoms with Crippen molar-refractivity contribution in [3.63, 3.8) is 0 Å². The first-order valence-corrected chi connectivity index (χ1v) is 19.3. The minimum absolute atomic E-state index is 0.00573. The maximum Gasteiger partial charge on any atom is 0.323 e. The maximum atomic E-state index is 13.5. The van der Waals surface area contributed by atoms with Crippen LogP contribution in [0.3, 0.4) is 0 Å². The fourth-order valence-corrected chi connectivity index (χ4v) is 7.54. The third-order valence-corrected chi connectivity index (χ3v) is 10.8. The minimum Gasteiger partial charge on any atom is -0.494 e. The molecule has 20 nitrogen and oxygen atoms in total. The van der Waals surface area contributed by atoms with Gasteiger partial charge in [-0.1, -0.05) is 18.0 Å². The van der Waals surface area contributed by atoms with E-state index in [-0.39, 0.29) is 52.2 Å². The summed E-state index contributed by atoms with van der Waals surface area (Å²) in [6.07, 6.45) is 4.85. The van der Waals surface area contributed by atoms with Crippen LogP contribution < -0.4 is 36.4 Å². The maximum absolute atomic E-state index is 13.5. The summed E-state index contributed by atoms with van der Waals surface area (Å²) in [7, 11) is -2.80. The van der Waals surface area contributed by atoms with Crippen molar-refractivity contribution in [1.82, 2.24) is 35.4 Å². The van der Waals surface area contributed by atoms with Gasteiger partial charge in [-0.3, -0.25) is 34.8 Å². The predicted octanol–water partition coefficient (Wildman–Crippen LogP) is 1.66. The average Bonchev–Trinajstić information content (AvgIpc) is 3.68. The largest absolute Gasteiger partial charge is 0.494 e. The first kappa shape index (κ1) is 43.2. The summed E-state index contributed by atoms with van der Waals surface area (Å²) >= 11 is 0.701. The lowest BCUT2D eigenvalue weighted by atomic mass is 10.1. The van der Waals surface area contributed by atoms with Gasteiger partial charge in [-0.05, 0) is 61.2 Å². The number of amides is 3. The molecule has 0 fully saturated rings. The Labute approximate surface area is 324 Å². The van der Waals surface area contributed by atoms with E-state index in [0.29, 0.717) is 35.8 Å². The lowest BCUT2D eigenvalue weighted by Gasteiger charge is -2.19. The van der Waals surface area contributed by atoms with Crippen LogP contribution in [-0.4, -0.2) is 82.0 Å². The van der Waals surface area contributed by atoms with Crippen LogP contribution in [0.4, 0.5) is 5.95 Å². The molecule has 0 aliphatic rings. The Morgan fingerprint density at radius 2 is 1.82 bits per heavy atom. The van der Waals surface area contributed by atoms with Gasteiger partial charge >= 0.3 is 5.97 Å². The molecule has 0 bridgehead atoms. The van der Waals surface area contributed by atoms with E-state index in [0.717, 1.165) is 5.56 Å². The lowest BCUT2D eigenvalue weighted by molar-refractivity contribution is -0.432. The number of anilines is 1. The highest BCUT2D eigenvalue weighted by molar-refractivity contribution is 7.94. The number of sulfonamides is 1. The smallest absolute Gasteiger partial charge is 0.323 e. The Hall–Kier alpha value is -5.52. The van der Waals surface area contributed by atoms with Crippen LogP contribution in [0.1, 0.15) is 46.8 Å². The number of carboxylic acid groups (broad SMARTS) is 1. The third-order valence-electron chi connectivity index (χ3n) is 8.21. The number of carbonyl (C=O) groups is 4. The van der Waals surface area contributed by atoms with Gasteiger partial charge in [0.1, 0.15) is 17.4 Å².